The van der Waals surface area contributed by atoms with Gasteiger partial charge in [0.25, 0.3) is 11.5 Å². The maximum absolute atomic E-state index is 12.8. The second kappa shape index (κ2) is 7.18. The number of carbonyl (C=O) groups is 2. The van der Waals surface area contributed by atoms with Gasteiger partial charge in [0.2, 0.25) is 0 Å². The van der Waals surface area contributed by atoms with Crippen LogP contribution in [0.5, 0.6) is 0 Å². The zero-order valence-corrected chi connectivity index (χ0v) is 14.3. The van der Waals surface area contributed by atoms with Gasteiger partial charge in [0.1, 0.15) is 0 Å². The second-order valence-corrected chi connectivity index (χ2v) is 5.61. The molecular formula is C19H17N3O4. The number of rotatable bonds is 4. The molecule has 3 aromatic rings. The van der Waals surface area contributed by atoms with Crippen molar-refractivity contribution >= 4 is 22.6 Å². The summed E-state index contributed by atoms with van der Waals surface area (Å²) in [5, 5.41) is 7.33. The maximum atomic E-state index is 12.8. The van der Waals surface area contributed by atoms with Crippen LogP contribution < -0.4 is 10.9 Å². The molecule has 0 bridgehead atoms. The molecule has 0 fully saturated rings. The van der Waals surface area contributed by atoms with Crippen molar-refractivity contribution in [2.75, 3.05) is 7.05 Å². The first-order valence-electron chi connectivity index (χ1n) is 8.03. The molecule has 0 aliphatic rings. The minimum absolute atomic E-state index is 0.0280. The zero-order chi connectivity index (χ0) is 18.7. The number of amides is 1. The fourth-order valence-corrected chi connectivity index (χ4v) is 2.56. The Morgan fingerprint density at radius 3 is 2.31 bits per heavy atom. The van der Waals surface area contributed by atoms with E-state index in [9.17, 15) is 14.4 Å². The summed E-state index contributed by atoms with van der Waals surface area (Å²) >= 11 is 0. The van der Waals surface area contributed by atoms with Gasteiger partial charge in [-0.3, -0.25) is 9.59 Å². The SMILES string of the molecule is CNC(=O)[C@H](C)OC(=O)c1nn(-c2ccccc2)c(=O)c2ccccc12. The largest absolute Gasteiger partial charge is 0.448 e. The minimum Gasteiger partial charge on any atom is -0.448 e. The van der Waals surface area contributed by atoms with Crippen LogP contribution in [-0.4, -0.2) is 34.8 Å². The van der Waals surface area contributed by atoms with Crippen molar-refractivity contribution in [1.29, 1.82) is 0 Å². The van der Waals surface area contributed by atoms with E-state index in [1.54, 1.807) is 48.5 Å². The Bertz CT molecular complexity index is 1030. The predicted octanol–water partition coefficient (Wildman–Crippen LogP) is 1.68. The summed E-state index contributed by atoms with van der Waals surface area (Å²) in [6, 6.07) is 15.4. The summed E-state index contributed by atoms with van der Waals surface area (Å²) in [7, 11) is 1.45. The monoisotopic (exact) mass is 351 g/mol. The molecule has 1 atom stereocenters. The molecular weight excluding hydrogens is 334 g/mol. The average molecular weight is 351 g/mol. The Kier molecular flexibility index (Phi) is 4.79. The molecule has 0 aliphatic carbocycles. The molecule has 0 saturated carbocycles. The molecule has 26 heavy (non-hydrogen) atoms. The third-order valence-electron chi connectivity index (χ3n) is 3.90. The maximum Gasteiger partial charge on any atom is 0.360 e. The first-order chi connectivity index (χ1) is 12.5. The minimum atomic E-state index is -0.981. The third-order valence-corrected chi connectivity index (χ3v) is 3.90. The Hall–Kier alpha value is -3.48. The van der Waals surface area contributed by atoms with Crippen molar-refractivity contribution in [3.05, 3.63) is 70.6 Å². The molecule has 0 aliphatic heterocycles. The number of benzene rings is 2. The second-order valence-electron chi connectivity index (χ2n) is 5.61. The summed E-state index contributed by atoms with van der Waals surface area (Å²) in [6.45, 7) is 1.46. The van der Waals surface area contributed by atoms with Crippen LogP contribution >= 0.6 is 0 Å². The van der Waals surface area contributed by atoms with Crippen LogP contribution in [0.25, 0.3) is 16.5 Å². The van der Waals surface area contributed by atoms with Crippen molar-refractivity contribution in [3.63, 3.8) is 0 Å². The number of para-hydroxylation sites is 1. The summed E-state index contributed by atoms with van der Waals surface area (Å²) in [5.74, 6) is -1.21. The summed E-state index contributed by atoms with van der Waals surface area (Å²) < 4.78 is 6.36. The molecule has 0 spiro atoms. The number of ether oxygens (including phenoxy) is 1. The highest BCUT2D eigenvalue weighted by Crippen LogP contribution is 2.16. The first kappa shape index (κ1) is 17.3. The van der Waals surface area contributed by atoms with E-state index in [4.69, 9.17) is 4.74 Å². The Labute approximate surface area is 149 Å². The van der Waals surface area contributed by atoms with Crippen LogP contribution in [0.1, 0.15) is 17.4 Å². The van der Waals surface area contributed by atoms with Gasteiger partial charge >= 0.3 is 5.97 Å². The smallest absolute Gasteiger partial charge is 0.360 e. The van der Waals surface area contributed by atoms with Crippen LogP contribution in [0.3, 0.4) is 0 Å². The summed E-state index contributed by atoms with van der Waals surface area (Å²) in [6.07, 6.45) is -0.981. The van der Waals surface area contributed by atoms with Gasteiger partial charge in [-0.15, -0.1) is 0 Å². The van der Waals surface area contributed by atoms with Crippen LogP contribution in [0.4, 0.5) is 0 Å². The van der Waals surface area contributed by atoms with Crippen LogP contribution in [-0.2, 0) is 9.53 Å². The number of esters is 1. The lowest BCUT2D eigenvalue weighted by molar-refractivity contribution is -0.128. The molecule has 0 unspecified atom stereocenters. The summed E-state index contributed by atoms with van der Waals surface area (Å²) in [5.41, 5.74) is 0.152. The number of carbonyl (C=O) groups excluding carboxylic acids is 2. The van der Waals surface area contributed by atoms with E-state index in [2.05, 4.69) is 10.4 Å². The molecule has 7 heteroatoms. The van der Waals surface area contributed by atoms with E-state index in [1.807, 2.05) is 6.07 Å². The fourth-order valence-electron chi connectivity index (χ4n) is 2.56. The van der Waals surface area contributed by atoms with E-state index in [0.717, 1.165) is 4.68 Å². The number of hydrogen-bond acceptors (Lipinski definition) is 5. The predicted molar refractivity (Wildman–Crippen MR) is 96.3 cm³/mol. The van der Waals surface area contributed by atoms with Crippen molar-refractivity contribution in [1.82, 2.24) is 15.1 Å². The van der Waals surface area contributed by atoms with E-state index in [-0.39, 0.29) is 11.3 Å². The zero-order valence-electron chi connectivity index (χ0n) is 14.3. The highest BCUT2D eigenvalue weighted by molar-refractivity contribution is 6.03. The quantitative estimate of drug-likeness (QED) is 0.722. The van der Waals surface area contributed by atoms with Gasteiger partial charge in [-0.25, -0.2) is 4.79 Å². The standard InChI is InChI=1S/C19H17N3O4/c1-12(17(23)20-2)26-19(25)16-14-10-6-7-11-15(14)18(24)22(21-16)13-8-4-3-5-9-13/h3-12H,1-2H3,(H,20,23)/t12-/m0/s1. The summed E-state index contributed by atoms with van der Waals surface area (Å²) in [4.78, 5) is 37.0. The molecule has 3 rings (SSSR count). The number of nitrogens with one attached hydrogen (secondary N) is 1. The van der Waals surface area contributed by atoms with Gasteiger partial charge in [-0.1, -0.05) is 36.4 Å². The fraction of sp³-hybridized carbons (Fsp3) is 0.158. The van der Waals surface area contributed by atoms with Gasteiger partial charge in [-0.2, -0.15) is 9.78 Å². The molecule has 0 saturated heterocycles. The van der Waals surface area contributed by atoms with Crippen LogP contribution in [0.2, 0.25) is 0 Å². The molecule has 1 amide bonds. The number of likely N-dealkylation sites (N-methyl/N-ethyl adjacent to an activating group) is 1. The molecule has 0 radical (unpaired) electrons. The Balaban J connectivity index is 2.16. The Morgan fingerprint density at radius 2 is 1.65 bits per heavy atom. The van der Waals surface area contributed by atoms with E-state index >= 15 is 0 Å². The molecule has 1 aromatic heterocycles. The topological polar surface area (TPSA) is 90.3 Å². The number of nitrogens with zero attached hydrogens (tertiary/aromatic N) is 2. The van der Waals surface area contributed by atoms with Crippen molar-refractivity contribution in [2.24, 2.45) is 0 Å². The number of hydrogen-bond donors (Lipinski definition) is 1. The van der Waals surface area contributed by atoms with Gasteiger partial charge in [0.15, 0.2) is 11.8 Å². The van der Waals surface area contributed by atoms with Crippen LogP contribution in [0, 0.1) is 0 Å². The van der Waals surface area contributed by atoms with Gasteiger partial charge < -0.3 is 10.1 Å². The molecule has 7 nitrogen and oxygen atoms in total. The normalized spacial score (nSPS) is 11.8. The van der Waals surface area contributed by atoms with E-state index in [1.165, 1.54) is 14.0 Å². The molecule has 132 valence electrons. The lowest BCUT2D eigenvalue weighted by atomic mass is 10.1. The van der Waals surface area contributed by atoms with E-state index in [0.29, 0.717) is 16.5 Å². The van der Waals surface area contributed by atoms with Crippen molar-refractivity contribution < 1.29 is 14.3 Å². The lowest BCUT2D eigenvalue weighted by Gasteiger charge is -2.14. The van der Waals surface area contributed by atoms with Gasteiger partial charge in [0, 0.05) is 12.4 Å². The number of aromatic nitrogens is 2. The third kappa shape index (κ3) is 3.19. The number of fused-ring (bicyclic) bond motifs is 1. The molecule has 1 heterocycles. The average Bonchev–Trinajstić information content (AvgIpc) is 2.68. The van der Waals surface area contributed by atoms with E-state index < -0.39 is 18.0 Å². The van der Waals surface area contributed by atoms with Gasteiger partial charge in [0.05, 0.1) is 11.1 Å². The molecule has 1 N–H and O–H groups in total. The Morgan fingerprint density at radius 1 is 1.04 bits per heavy atom. The first-order valence-corrected chi connectivity index (χ1v) is 8.03. The highest BCUT2D eigenvalue weighted by Gasteiger charge is 2.23. The van der Waals surface area contributed by atoms with Crippen molar-refractivity contribution in [2.45, 2.75) is 13.0 Å². The van der Waals surface area contributed by atoms with Crippen molar-refractivity contribution in [3.8, 4) is 5.69 Å². The molecule has 2 aromatic carbocycles. The van der Waals surface area contributed by atoms with Crippen LogP contribution in [0.15, 0.2) is 59.4 Å². The highest BCUT2D eigenvalue weighted by atomic mass is 16.5. The van der Waals surface area contributed by atoms with Gasteiger partial charge in [-0.05, 0) is 25.1 Å². The lowest BCUT2D eigenvalue weighted by Crippen LogP contribution is -2.34.